The standard InChI is InChI=1S/C14H20O3/c1-4-16-9-12(15)11-7-5-6-10-8-14(2,3)17-13(10)11/h5-7,12,15H,4,8-9H2,1-3H3. The van der Waals surface area contributed by atoms with Crippen molar-refractivity contribution in [1.82, 2.24) is 0 Å². The van der Waals surface area contributed by atoms with Crippen molar-refractivity contribution in [1.29, 1.82) is 0 Å². The molecular weight excluding hydrogens is 216 g/mol. The first kappa shape index (κ1) is 12.4. The summed E-state index contributed by atoms with van der Waals surface area (Å²) in [5.74, 6) is 0.838. The molecule has 1 heterocycles. The lowest BCUT2D eigenvalue weighted by molar-refractivity contribution is 0.0387. The van der Waals surface area contributed by atoms with Crippen LogP contribution in [0.15, 0.2) is 18.2 Å². The lowest BCUT2D eigenvalue weighted by Crippen LogP contribution is -2.25. The fourth-order valence-corrected chi connectivity index (χ4v) is 2.22. The molecule has 1 unspecified atom stereocenters. The second kappa shape index (κ2) is 4.67. The number of ether oxygens (including phenoxy) is 2. The van der Waals surface area contributed by atoms with Gasteiger partial charge in [-0.1, -0.05) is 18.2 Å². The zero-order valence-electron chi connectivity index (χ0n) is 10.7. The maximum atomic E-state index is 10.1. The fourth-order valence-electron chi connectivity index (χ4n) is 2.22. The molecule has 0 amide bonds. The van der Waals surface area contributed by atoms with Gasteiger partial charge in [-0.05, 0) is 26.3 Å². The van der Waals surface area contributed by atoms with Gasteiger partial charge in [-0.15, -0.1) is 0 Å². The zero-order valence-corrected chi connectivity index (χ0v) is 10.7. The molecule has 1 atom stereocenters. The highest BCUT2D eigenvalue weighted by Crippen LogP contribution is 2.39. The number of hydrogen-bond donors (Lipinski definition) is 1. The van der Waals surface area contributed by atoms with E-state index in [0.717, 1.165) is 17.7 Å². The summed E-state index contributed by atoms with van der Waals surface area (Å²) in [6.07, 6.45) is 0.274. The van der Waals surface area contributed by atoms with Crippen LogP contribution < -0.4 is 4.74 Å². The van der Waals surface area contributed by atoms with Crippen LogP contribution in [0.3, 0.4) is 0 Å². The predicted octanol–water partition coefficient (Wildman–Crippen LogP) is 2.47. The van der Waals surface area contributed by atoms with Gasteiger partial charge in [0.1, 0.15) is 17.5 Å². The molecule has 94 valence electrons. The van der Waals surface area contributed by atoms with Crippen molar-refractivity contribution in [3.63, 3.8) is 0 Å². The third-order valence-electron chi connectivity index (χ3n) is 2.96. The molecule has 1 aliphatic heterocycles. The highest BCUT2D eigenvalue weighted by molar-refractivity contribution is 5.46. The molecule has 1 aliphatic rings. The number of aliphatic hydroxyl groups is 1. The predicted molar refractivity (Wildman–Crippen MR) is 66.3 cm³/mol. The third kappa shape index (κ3) is 2.61. The minimum atomic E-state index is -0.612. The molecule has 3 nitrogen and oxygen atoms in total. The van der Waals surface area contributed by atoms with E-state index in [0.29, 0.717) is 13.2 Å². The second-order valence-corrected chi connectivity index (χ2v) is 5.05. The fraction of sp³-hybridized carbons (Fsp3) is 0.571. The van der Waals surface area contributed by atoms with Crippen LogP contribution in [0.1, 0.15) is 38.0 Å². The van der Waals surface area contributed by atoms with Gasteiger partial charge in [0.25, 0.3) is 0 Å². The minimum absolute atomic E-state index is 0.177. The van der Waals surface area contributed by atoms with Crippen LogP contribution >= 0.6 is 0 Å². The van der Waals surface area contributed by atoms with E-state index in [-0.39, 0.29) is 5.60 Å². The zero-order chi connectivity index (χ0) is 12.5. The van der Waals surface area contributed by atoms with Gasteiger partial charge in [-0.2, -0.15) is 0 Å². The smallest absolute Gasteiger partial charge is 0.129 e. The Hall–Kier alpha value is -1.06. The van der Waals surface area contributed by atoms with Crippen molar-refractivity contribution in [3.05, 3.63) is 29.3 Å². The van der Waals surface area contributed by atoms with E-state index < -0.39 is 6.10 Å². The molecule has 0 aromatic heterocycles. The Kier molecular flexibility index (Phi) is 3.40. The first-order chi connectivity index (χ1) is 8.03. The van der Waals surface area contributed by atoms with Gasteiger partial charge in [-0.3, -0.25) is 0 Å². The average molecular weight is 236 g/mol. The molecule has 17 heavy (non-hydrogen) atoms. The number of aliphatic hydroxyl groups excluding tert-OH is 1. The first-order valence-electron chi connectivity index (χ1n) is 6.10. The Morgan fingerprint density at radius 1 is 1.47 bits per heavy atom. The van der Waals surface area contributed by atoms with E-state index in [1.54, 1.807) is 0 Å². The van der Waals surface area contributed by atoms with Crippen LogP contribution in [0.4, 0.5) is 0 Å². The second-order valence-electron chi connectivity index (χ2n) is 5.05. The third-order valence-corrected chi connectivity index (χ3v) is 2.96. The molecule has 0 saturated carbocycles. The Morgan fingerprint density at radius 2 is 2.24 bits per heavy atom. The van der Waals surface area contributed by atoms with Crippen LogP contribution in [0, 0.1) is 0 Å². The van der Waals surface area contributed by atoms with E-state index in [2.05, 4.69) is 19.9 Å². The quantitative estimate of drug-likeness (QED) is 0.872. The van der Waals surface area contributed by atoms with Gasteiger partial charge >= 0.3 is 0 Å². The SMILES string of the molecule is CCOCC(O)c1cccc2c1OC(C)(C)C2. The Balaban J connectivity index is 2.23. The maximum absolute atomic E-state index is 10.1. The van der Waals surface area contributed by atoms with Gasteiger partial charge in [0.2, 0.25) is 0 Å². The molecule has 3 heteroatoms. The van der Waals surface area contributed by atoms with Crippen LogP contribution in [-0.4, -0.2) is 23.9 Å². The molecule has 1 aromatic carbocycles. The monoisotopic (exact) mass is 236 g/mol. The maximum Gasteiger partial charge on any atom is 0.129 e. The minimum Gasteiger partial charge on any atom is -0.487 e. The van der Waals surface area contributed by atoms with Crippen molar-refractivity contribution < 1.29 is 14.6 Å². The normalized spacial score (nSPS) is 18.6. The summed E-state index contributed by atoms with van der Waals surface area (Å²) in [6, 6.07) is 5.93. The van der Waals surface area contributed by atoms with Crippen LogP contribution in [0.2, 0.25) is 0 Å². The lowest BCUT2D eigenvalue weighted by Gasteiger charge is -2.19. The molecule has 0 aliphatic carbocycles. The van der Waals surface area contributed by atoms with E-state index in [9.17, 15) is 5.11 Å². The number of rotatable bonds is 4. The van der Waals surface area contributed by atoms with Gasteiger partial charge in [0.15, 0.2) is 0 Å². The molecule has 0 radical (unpaired) electrons. The number of benzene rings is 1. The molecule has 0 bridgehead atoms. The Bertz CT molecular complexity index is 398. The molecule has 0 spiro atoms. The molecular formula is C14H20O3. The largest absolute Gasteiger partial charge is 0.487 e. The molecule has 2 rings (SSSR count). The molecule has 0 fully saturated rings. The van der Waals surface area contributed by atoms with Gasteiger partial charge in [0.05, 0.1) is 6.61 Å². The Labute approximate surface area is 102 Å². The van der Waals surface area contributed by atoms with Crippen molar-refractivity contribution in [2.75, 3.05) is 13.2 Å². The number of para-hydroxylation sites is 1. The van der Waals surface area contributed by atoms with Crippen LogP contribution in [-0.2, 0) is 11.2 Å². The molecule has 1 N–H and O–H groups in total. The van der Waals surface area contributed by atoms with Crippen molar-refractivity contribution >= 4 is 0 Å². The number of fused-ring (bicyclic) bond motifs is 1. The summed E-state index contributed by atoms with van der Waals surface area (Å²) in [5.41, 5.74) is 1.83. The number of hydrogen-bond acceptors (Lipinski definition) is 3. The average Bonchev–Trinajstić information content (AvgIpc) is 2.59. The van der Waals surface area contributed by atoms with Crippen molar-refractivity contribution in [3.8, 4) is 5.75 Å². The Morgan fingerprint density at radius 3 is 2.94 bits per heavy atom. The summed E-state index contributed by atoms with van der Waals surface area (Å²) in [7, 11) is 0. The van der Waals surface area contributed by atoms with E-state index in [1.165, 1.54) is 5.56 Å². The summed E-state index contributed by atoms with van der Waals surface area (Å²) in [4.78, 5) is 0. The first-order valence-corrected chi connectivity index (χ1v) is 6.10. The molecule has 0 saturated heterocycles. The van der Waals surface area contributed by atoms with E-state index in [4.69, 9.17) is 9.47 Å². The summed E-state index contributed by atoms with van der Waals surface area (Å²) in [5, 5.41) is 10.1. The highest BCUT2D eigenvalue weighted by Gasteiger charge is 2.32. The van der Waals surface area contributed by atoms with Gasteiger partial charge in [-0.25, -0.2) is 0 Å². The summed E-state index contributed by atoms with van der Waals surface area (Å²) >= 11 is 0. The van der Waals surface area contributed by atoms with Gasteiger partial charge < -0.3 is 14.6 Å². The topological polar surface area (TPSA) is 38.7 Å². The van der Waals surface area contributed by atoms with Crippen molar-refractivity contribution in [2.45, 2.75) is 38.9 Å². The summed E-state index contributed by atoms with van der Waals surface area (Å²) < 4.78 is 11.2. The van der Waals surface area contributed by atoms with E-state index >= 15 is 0 Å². The highest BCUT2D eigenvalue weighted by atomic mass is 16.5. The lowest BCUT2D eigenvalue weighted by atomic mass is 9.99. The van der Waals surface area contributed by atoms with Crippen molar-refractivity contribution in [2.24, 2.45) is 0 Å². The van der Waals surface area contributed by atoms with Crippen LogP contribution in [0.25, 0.3) is 0 Å². The summed E-state index contributed by atoms with van der Waals surface area (Å²) in [6.45, 7) is 6.97. The van der Waals surface area contributed by atoms with E-state index in [1.807, 2.05) is 19.1 Å². The molecule has 1 aromatic rings. The van der Waals surface area contributed by atoms with Gasteiger partial charge in [0, 0.05) is 18.6 Å². The van der Waals surface area contributed by atoms with Crippen LogP contribution in [0.5, 0.6) is 5.75 Å².